The third-order valence-electron chi connectivity index (χ3n) is 1.21. The van der Waals surface area contributed by atoms with Gasteiger partial charge in [0.2, 0.25) is 0 Å². The standard InChI is InChI=1S/C5H8O3.C4H10O.Al.3H/c1-4(6)3-5(7)8-2;1-3-4(2)5;;;;/h3H2,1-2H3;4-5H,3H2,1-2H3;;;;. The van der Waals surface area contributed by atoms with Gasteiger partial charge in [-0.25, -0.2) is 0 Å². The number of aliphatic hydroxyl groups excluding tert-OH is 1. The minimum atomic E-state index is -0.475. The lowest BCUT2D eigenvalue weighted by molar-refractivity contribution is -0.142. The summed E-state index contributed by atoms with van der Waals surface area (Å²) in [4.78, 5) is 20.3. The monoisotopic (exact) mass is 220 g/mol. The predicted molar refractivity (Wildman–Crippen MR) is 59.2 cm³/mol. The molecule has 0 aliphatic carbocycles. The number of hydrogen-bond donors (Lipinski definition) is 1. The van der Waals surface area contributed by atoms with Crippen LogP contribution in [0.15, 0.2) is 0 Å². The molecule has 0 aromatic heterocycles. The minimum Gasteiger partial charge on any atom is -0.469 e. The van der Waals surface area contributed by atoms with Gasteiger partial charge in [-0.2, -0.15) is 0 Å². The van der Waals surface area contributed by atoms with E-state index < -0.39 is 5.97 Å². The van der Waals surface area contributed by atoms with Gasteiger partial charge in [0.25, 0.3) is 0 Å². The molecule has 0 rings (SSSR count). The van der Waals surface area contributed by atoms with Gasteiger partial charge in [-0.15, -0.1) is 0 Å². The molecule has 4 nitrogen and oxygen atoms in total. The molecule has 84 valence electrons. The Hall–Kier alpha value is -0.368. The second kappa shape index (κ2) is 12.6. The van der Waals surface area contributed by atoms with E-state index in [1.54, 1.807) is 6.92 Å². The first kappa shape index (κ1) is 19.2. The molecule has 1 N–H and O–H groups in total. The molecule has 0 aromatic carbocycles. The van der Waals surface area contributed by atoms with E-state index in [9.17, 15) is 9.59 Å². The maximum Gasteiger partial charge on any atom is 0.313 e. The summed E-state index contributed by atoms with van der Waals surface area (Å²) in [6.45, 7) is 5.07. The van der Waals surface area contributed by atoms with Gasteiger partial charge in [0.05, 0.1) is 13.2 Å². The number of ether oxygens (including phenoxy) is 1. The topological polar surface area (TPSA) is 63.6 Å². The molecule has 1 unspecified atom stereocenters. The van der Waals surface area contributed by atoms with Crippen LogP contribution in [0, 0.1) is 0 Å². The molecule has 5 heteroatoms. The maximum absolute atomic E-state index is 10.2. The Morgan fingerprint density at radius 1 is 1.43 bits per heavy atom. The first-order chi connectivity index (χ1) is 5.93. The zero-order chi connectivity index (χ0) is 10.9. The molecule has 0 radical (unpaired) electrons. The fourth-order valence-electron chi connectivity index (χ4n) is 0.275. The highest BCUT2D eigenvalue weighted by Gasteiger charge is 2.01. The summed E-state index contributed by atoms with van der Waals surface area (Å²) in [6.07, 6.45) is 0.631. The van der Waals surface area contributed by atoms with Crippen molar-refractivity contribution in [2.24, 2.45) is 0 Å². The van der Waals surface area contributed by atoms with Crippen molar-refractivity contribution >= 4 is 29.1 Å². The number of ketones is 1. The molecule has 14 heavy (non-hydrogen) atoms. The highest BCUT2D eigenvalue weighted by atomic mass is 27.0. The first-order valence-electron chi connectivity index (χ1n) is 4.18. The van der Waals surface area contributed by atoms with Crippen molar-refractivity contribution in [3.63, 3.8) is 0 Å². The van der Waals surface area contributed by atoms with Crippen molar-refractivity contribution in [1.29, 1.82) is 0 Å². The number of Topliss-reactive ketones (excluding diaryl/α,β-unsaturated/α-hetero) is 1. The summed E-state index contributed by atoms with van der Waals surface area (Å²) < 4.78 is 4.20. The van der Waals surface area contributed by atoms with Crippen molar-refractivity contribution in [3.05, 3.63) is 0 Å². The zero-order valence-electron chi connectivity index (χ0n) is 8.66. The third-order valence-corrected chi connectivity index (χ3v) is 1.21. The van der Waals surface area contributed by atoms with Crippen molar-refractivity contribution in [1.82, 2.24) is 0 Å². The molecule has 0 aliphatic rings. The van der Waals surface area contributed by atoms with Crippen LogP contribution >= 0.6 is 0 Å². The minimum absolute atomic E-state index is 0. The van der Waals surface area contributed by atoms with Crippen LogP contribution in [0.25, 0.3) is 0 Å². The van der Waals surface area contributed by atoms with Gasteiger partial charge in [0.15, 0.2) is 17.4 Å². The Bertz CT molecular complexity index is 157. The van der Waals surface area contributed by atoms with E-state index in [2.05, 4.69) is 4.74 Å². The Morgan fingerprint density at radius 2 is 1.79 bits per heavy atom. The lowest BCUT2D eigenvalue weighted by Crippen LogP contribution is -2.05. The molecule has 0 fully saturated rings. The van der Waals surface area contributed by atoms with Gasteiger partial charge < -0.3 is 9.84 Å². The van der Waals surface area contributed by atoms with Crippen LogP contribution in [0.1, 0.15) is 33.6 Å². The van der Waals surface area contributed by atoms with Crippen LogP contribution in [0.2, 0.25) is 0 Å². The average molecular weight is 220 g/mol. The van der Waals surface area contributed by atoms with E-state index in [-0.39, 0.29) is 35.7 Å². The molecule has 0 heterocycles. The summed E-state index contributed by atoms with van der Waals surface area (Å²) in [5, 5.41) is 8.36. The smallest absolute Gasteiger partial charge is 0.313 e. The van der Waals surface area contributed by atoms with Gasteiger partial charge in [0.1, 0.15) is 12.2 Å². The van der Waals surface area contributed by atoms with Crippen molar-refractivity contribution in [2.45, 2.75) is 39.7 Å². The zero-order valence-corrected chi connectivity index (χ0v) is 8.66. The number of carbonyl (C=O) groups is 2. The molecule has 0 saturated carbocycles. The molecule has 0 aromatic rings. The number of methoxy groups -OCH3 is 1. The quantitative estimate of drug-likeness (QED) is 0.404. The molecular formula is C9H21AlO4. The number of carbonyl (C=O) groups excluding carboxylic acids is 2. The summed E-state index contributed by atoms with van der Waals surface area (Å²) in [7, 11) is 1.26. The van der Waals surface area contributed by atoms with Gasteiger partial charge >= 0.3 is 5.97 Å². The first-order valence-corrected chi connectivity index (χ1v) is 4.18. The second-order valence-electron chi connectivity index (χ2n) is 2.71. The fraction of sp³-hybridized carbons (Fsp3) is 0.778. The number of hydrogen-bond acceptors (Lipinski definition) is 4. The van der Waals surface area contributed by atoms with Crippen LogP contribution in [0.3, 0.4) is 0 Å². The second-order valence-corrected chi connectivity index (χ2v) is 2.71. The van der Waals surface area contributed by atoms with Crippen molar-refractivity contribution in [2.75, 3.05) is 7.11 Å². The van der Waals surface area contributed by atoms with Crippen molar-refractivity contribution in [3.8, 4) is 0 Å². The van der Waals surface area contributed by atoms with E-state index in [0.29, 0.717) is 0 Å². The van der Waals surface area contributed by atoms with Gasteiger partial charge in [-0.1, -0.05) is 6.92 Å². The molecule has 0 saturated heterocycles. The fourth-order valence-corrected chi connectivity index (χ4v) is 0.275. The Labute approximate surface area is 95.8 Å². The highest BCUT2D eigenvalue weighted by Crippen LogP contribution is 1.83. The van der Waals surface area contributed by atoms with Crippen LogP contribution in [-0.2, 0) is 14.3 Å². The third kappa shape index (κ3) is 22.6. The molecule has 0 spiro atoms. The predicted octanol–water partition coefficient (Wildman–Crippen LogP) is -0.268. The van der Waals surface area contributed by atoms with Gasteiger partial charge in [-0.3, -0.25) is 9.59 Å². The molecule has 0 bridgehead atoms. The van der Waals surface area contributed by atoms with E-state index in [1.807, 2.05) is 6.92 Å². The van der Waals surface area contributed by atoms with E-state index in [4.69, 9.17) is 5.11 Å². The van der Waals surface area contributed by atoms with Gasteiger partial charge in [0, 0.05) is 0 Å². The lowest BCUT2D eigenvalue weighted by atomic mass is 10.3. The Balaban J connectivity index is -0.000000177. The summed E-state index contributed by atoms with van der Waals surface area (Å²) >= 11 is 0. The molecule has 0 aliphatic heterocycles. The Morgan fingerprint density at radius 3 is 1.86 bits per heavy atom. The van der Waals surface area contributed by atoms with E-state index >= 15 is 0 Å². The number of aliphatic hydroxyl groups is 1. The number of rotatable bonds is 3. The molecule has 1 atom stereocenters. The largest absolute Gasteiger partial charge is 0.469 e. The van der Waals surface area contributed by atoms with Crippen molar-refractivity contribution < 1.29 is 19.4 Å². The average Bonchev–Trinajstić information content (AvgIpc) is 2.04. The van der Waals surface area contributed by atoms with Crippen LogP contribution in [-0.4, -0.2) is 47.4 Å². The maximum atomic E-state index is 10.2. The Kier molecular flexibility index (Phi) is 17.4. The summed E-state index contributed by atoms with van der Waals surface area (Å²) in [6, 6.07) is 0. The SMILES string of the molecule is CCC(C)O.COC(=O)CC(C)=O.[AlH3]. The number of esters is 1. The van der Waals surface area contributed by atoms with Crippen LogP contribution in [0.5, 0.6) is 0 Å². The van der Waals surface area contributed by atoms with E-state index in [0.717, 1.165) is 6.42 Å². The van der Waals surface area contributed by atoms with Crippen LogP contribution < -0.4 is 0 Å². The van der Waals surface area contributed by atoms with E-state index in [1.165, 1.54) is 14.0 Å². The highest BCUT2D eigenvalue weighted by molar-refractivity contribution is 5.93. The van der Waals surface area contributed by atoms with Crippen LogP contribution in [0.4, 0.5) is 0 Å². The summed E-state index contributed by atoms with van der Waals surface area (Å²) in [5.41, 5.74) is 0. The molecular weight excluding hydrogens is 199 g/mol. The summed E-state index contributed by atoms with van der Waals surface area (Å²) in [5.74, 6) is -0.644. The van der Waals surface area contributed by atoms with Gasteiger partial charge in [-0.05, 0) is 20.3 Å². The lowest BCUT2D eigenvalue weighted by Gasteiger charge is -1.90. The molecule has 0 amide bonds. The normalized spacial score (nSPS) is 10.1.